The molecule has 2 heterocycles. The van der Waals surface area contributed by atoms with Gasteiger partial charge in [-0.15, -0.1) is 0 Å². The van der Waals surface area contributed by atoms with Crippen LogP contribution in [0.15, 0.2) is 24.5 Å². The number of nitrogens with one attached hydrogen (secondary N) is 1. The predicted octanol–water partition coefficient (Wildman–Crippen LogP) is 3.10. The van der Waals surface area contributed by atoms with Gasteiger partial charge in [-0.05, 0) is 41.1 Å². The third-order valence-corrected chi connectivity index (χ3v) is 3.03. The lowest BCUT2D eigenvalue weighted by Gasteiger charge is -2.07. The van der Waals surface area contributed by atoms with Crippen molar-refractivity contribution in [1.82, 2.24) is 15.0 Å². The van der Waals surface area contributed by atoms with Crippen LogP contribution in [0.3, 0.4) is 0 Å². The van der Waals surface area contributed by atoms with Crippen molar-refractivity contribution in [2.24, 2.45) is 0 Å². The number of halogens is 2. The Morgan fingerprint density at radius 2 is 2.11 bits per heavy atom. The number of anilines is 1. The SMILES string of the molecule is CCCNc1nc(-c2ccc(F)cn2)ncc1I. The van der Waals surface area contributed by atoms with Crippen molar-refractivity contribution in [3.05, 3.63) is 33.9 Å². The van der Waals surface area contributed by atoms with Crippen molar-refractivity contribution in [2.45, 2.75) is 13.3 Å². The van der Waals surface area contributed by atoms with Gasteiger partial charge in [0.15, 0.2) is 5.82 Å². The summed E-state index contributed by atoms with van der Waals surface area (Å²) in [6.45, 7) is 2.94. The number of rotatable bonds is 4. The predicted molar refractivity (Wildman–Crippen MR) is 76.7 cm³/mol. The molecule has 2 rings (SSSR count). The minimum atomic E-state index is -0.367. The van der Waals surface area contributed by atoms with Crippen molar-refractivity contribution < 1.29 is 4.39 Å². The van der Waals surface area contributed by atoms with Crippen molar-refractivity contribution in [3.63, 3.8) is 0 Å². The van der Waals surface area contributed by atoms with Crippen LogP contribution in [0.5, 0.6) is 0 Å². The zero-order valence-electron chi connectivity index (χ0n) is 9.82. The maximum atomic E-state index is 12.8. The van der Waals surface area contributed by atoms with Gasteiger partial charge in [-0.1, -0.05) is 6.92 Å². The minimum absolute atomic E-state index is 0.367. The number of nitrogens with zero attached hydrogens (tertiary/aromatic N) is 3. The first-order chi connectivity index (χ1) is 8.70. The number of hydrogen-bond donors (Lipinski definition) is 1. The van der Waals surface area contributed by atoms with Gasteiger partial charge >= 0.3 is 0 Å². The molecule has 6 heteroatoms. The summed E-state index contributed by atoms with van der Waals surface area (Å²) in [6.07, 6.45) is 3.91. The van der Waals surface area contributed by atoms with Gasteiger partial charge < -0.3 is 5.32 Å². The Bertz CT molecular complexity index is 530. The first kappa shape index (κ1) is 13.1. The molecule has 2 aromatic heterocycles. The highest BCUT2D eigenvalue weighted by Gasteiger charge is 2.07. The Morgan fingerprint density at radius 1 is 1.28 bits per heavy atom. The van der Waals surface area contributed by atoms with Gasteiger partial charge in [0.2, 0.25) is 0 Å². The molecule has 0 aliphatic rings. The van der Waals surface area contributed by atoms with E-state index in [1.807, 2.05) is 0 Å². The number of pyridine rings is 1. The maximum absolute atomic E-state index is 12.8. The van der Waals surface area contributed by atoms with Crippen LogP contribution in [0.4, 0.5) is 10.2 Å². The first-order valence-electron chi connectivity index (χ1n) is 5.59. The highest BCUT2D eigenvalue weighted by molar-refractivity contribution is 14.1. The molecule has 1 N–H and O–H groups in total. The topological polar surface area (TPSA) is 50.7 Å². The van der Waals surface area contributed by atoms with E-state index < -0.39 is 0 Å². The molecule has 0 saturated carbocycles. The maximum Gasteiger partial charge on any atom is 0.180 e. The number of aromatic nitrogens is 3. The van der Waals surface area contributed by atoms with E-state index in [1.54, 1.807) is 12.3 Å². The standard InChI is InChI=1S/C12H12FIN4/c1-2-5-15-11-9(14)7-17-12(18-11)10-4-3-8(13)6-16-10/h3-4,6-7H,2,5H2,1H3,(H,15,17,18). The van der Waals surface area contributed by atoms with Gasteiger partial charge in [-0.2, -0.15) is 0 Å². The molecular formula is C12H12FIN4. The second-order valence-corrected chi connectivity index (χ2v) is 4.84. The van der Waals surface area contributed by atoms with E-state index in [-0.39, 0.29) is 5.82 Å². The van der Waals surface area contributed by atoms with Crippen molar-refractivity contribution in [3.8, 4) is 11.5 Å². The average Bonchev–Trinajstić information content (AvgIpc) is 2.39. The molecule has 94 valence electrons. The highest BCUT2D eigenvalue weighted by Crippen LogP contribution is 2.19. The average molecular weight is 358 g/mol. The van der Waals surface area contributed by atoms with E-state index in [0.29, 0.717) is 11.5 Å². The molecular weight excluding hydrogens is 346 g/mol. The fourth-order valence-electron chi connectivity index (χ4n) is 1.37. The van der Waals surface area contributed by atoms with Crippen LogP contribution < -0.4 is 5.32 Å². The molecule has 4 nitrogen and oxygen atoms in total. The lowest BCUT2D eigenvalue weighted by atomic mass is 10.3. The Hall–Kier alpha value is -1.31. The summed E-state index contributed by atoms with van der Waals surface area (Å²) in [4.78, 5) is 12.6. The Balaban J connectivity index is 2.31. The molecule has 0 fully saturated rings. The minimum Gasteiger partial charge on any atom is -0.369 e. The first-order valence-corrected chi connectivity index (χ1v) is 6.67. The summed E-state index contributed by atoms with van der Waals surface area (Å²) in [5.74, 6) is 0.913. The lowest BCUT2D eigenvalue weighted by molar-refractivity contribution is 0.621. The third kappa shape index (κ3) is 3.12. The van der Waals surface area contributed by atoms with Gasteiger partial charge in [0.05, 0.1) is 9.77 Å². The van der Waals surface area contributed by atoms with Gasteiger partial charge in [-0.25, -0.2) is 19.3 Å². The molecule has 18 heavy (non-hydrogen) atoms. The molecule has 0 aromatic carbocycles. The molecule has 0 radical (unpaired) electrons. The molecule has 2 aromatic rings. The molecule has 0 atom stereocenters. The van der Waals surface area contributed by atoms with Crippen molar-refractivity contribution in [2.75, 3.05) is 11.9 Å². The zero-order chi connectivity index (χ0) is 13.0. The Morgan fingerprint density at radius 3 is 2.78 bits per heavy atom. The lowest BCUT2D eigenvalue weighted by Crippen LogP contribution is -2.06. The normalized spacial score (nSPS) is 10.4. The Kier molecular flexibility index (Phi) is 4.40. The van der Waals surface area contributed by atoms with E-state index >= 15 is 0 Å². The molecule has 0 unspecified atom stereocenters. The smallest absolute Gasteiger partial charge is 0.180 e. The largest absolute Gasteiger partial charge is 0.369 e. The number of hydrogen-bond acceptors (Lipinski definition) is 4. The van der Waals surface area contributed by atoms with Crippen molar-refractivity contribution in [1.29, 1.82) is 0 Å². The molecule has 0 aliphatic carbocycles. The summed E-state index contributed by atoms with van der Waals surface area (Å²) < 4.78 is 13.7. The van der Waals surface area contributed by atoms with Gasteiger partial charge in [0.25, 0.3) is 0 Å². The Labute approximate surface area is 118 Å². The van der Waals surface area contributed by atoms with Crippen LogP contribution in [0.25, 0.3) is 11.5 Å². The van der Waals surface area contributed by atoms with E-state index in [2.05, 4.69) is 49.8 Å². The quantitative estimate of drug-likeness (QED) is 0.854. The van der Waals surface area contributed by atoms with Crippen LogP contribution in [-0.2, 0) is 0 Å². The molecule has 0 amide bonds. The fourth-order valence-corrected chi connectivity index (χ4v) is 1.82. The summed E-state index contributed by atoms with van der Waals surface area (Å²) in [5, 5.41) is 3.22. The van der Waals surface area contributed by atoms with E-state index in [1.165, 1.54) is 6.07 Å². The van der Waals surface area contributed by atoms with E-state index in [9.17, 15) is 4.39 Å². The summed E-state index contributed by atoms with van der Waals surface area (Å²) in [6, 6.07) is 2.92. The third-order valence-electron chi connectivity index (χ3n) is 2.24. The van der Waals surface area contributed by atoms with Gasteiger partial charge in [0.1, 0.15) is 17.3 Å². The highest BCUT2D eigenvalue weighted by atomic mass is 127. The summed E-state index contributed by atoms with van der Waals surface area (Å²) in [7, 11) is 0. The van der Waals surface area contributed by atoms with E-state index in [4.69, 9.17) is 0 Å². The van der Waals surface area contributed by atoms with Crippen LogP contribution in [0.1, 0.15) is 13.3 Å². The molecule has 0 saturated heterocycles. The van der Waals surface area contributed by atoms with Crippen LogP contribution in [-0.4, -0.2) is 21.5 Å². The van der Waals surface area contributed by atoms with Crippen LogP contribution >= 0.6 is 22.6 Å². The van der Waals surface area contributed by atoms with Gasteiger partial charge in [-0.3, -0.25) is 0 Å². The summed E-state index contributed by atoms with van der Waals surface area (Å²) in [5.41, 5.74) is 0.562. The summed E-state index contributed by atoms with van der Waals surface area (Å²) >= 11 is 2.17. The van der Waals surface area contributed by atoms with Gasteiger partial charge in [0, 0.05) is 12.7 Å². The second-order valence-electron chi connectivity index (χ2n) is 3.68. The fraction of sp³-hybridized carbons (Fsp3) is 0.250. The van der Waals surface area contributed by atoms with Crippen LogP contribution in [0.2, 0.25) is 0 Å². The molecule has 0 bridgehead atoms. The monoisotopic (exact) mass is 358 g/mol. The zero-order valence-corrected chi connectivity index (χ0v) is 12.0. The second kappa shape index (κ2) is 6.03. The van der Waals surface area contributed by atoms with Crippen molar-refractivity contribution >= 4 is 28.4 Å². The van der Waals surface area contributed by atoms with E-state index in [0.717, 1.165) is 28.6 Å². The van der Waals surface area contributed by atoms with Crippen LogP contribution in [0, 0.1) is 9.39 Å². The molecule has 0 aliphatic heterocycles. The molecule has 0 spiro atoms.